The molecule has 1 aliphatic heterocycles. The predicted octanol–water partition coefficient (Wildman–Crippen LogP) is 1.46. The molecule has 1 aliphatic carbocycles. The van der Waals surface area contributed by atoms with Crippen molar-refractivity contribution in [2.24, 2.45) is 5.92 Å². The van der Waals surface area contributed by atoms with Crippen molar-refractivity contribution < 1.29 is 4.79 Å². The minimum atomic E-state index is -0.0573. The van der Waals surface area contributed by atoms with Crippen LogP contribution in [0.15, 0.2) is 30.3 Å². The Morgan fingerprint density at radius 1 is 1.20 bits per heavy atom. The monoisotopic (exact) mass is 203 g/mol. The van der Waals surface area contributed by atoms with Gasteiger partial charge >= 0.3 is 6.03 Å². The van der Waals surface area contributed by atoms with Gasteiger partial charge in [-0.2, -0.15) is 0 Å². The molecule has 0 bridgehead atoms. The molecule has 0 radical (unpaired) electrons. The van der Waals surface area contributed by atoms with E-state index in [9.17, 15) is 4.79 Å². The van der Waals surface area contributed by atoms with Crippen LogP contribution in [0.4, 0.5) is 10.5 Å². The number of carbonyl (C=O) groups is 1. The second-order valence-corrected chi connectivity index (χ2v) is 4.06. The van der Waals surface area contributed by atoms with E-state index in [2.05, 4.69) is 10.9 Å². The van der Waals surface area contributed by atoms with Gasteiger partial charge in [-0.05, 0) is 30.9 Å². The lowest BCUT2D eigenvalue weighted by atomic mass is 10.2. The maximum atomic E-state index is 11.7. The van der Waals surface area contributed by atoms with Gasteiger partial charge in [0.05, 0.1) is 0 Å². The number of nitrogens with one attached hydrogen (secondary N) is 2. The Labute approximate surface area is 88.2 Å². The van der Waals surface area contributed by atoms with Crippen molar-refractivity contribution >= 4 is 11.7 Å². The number of rotatable bonds is 2. The van der Waals surface area contributed by atoms with Gasteiger partial charge < -0.3 is 0 Å². The lowest BCUT2D eigenvalue weighted by molar-refractivity contribution is 0.250. The molecular formula is C11H13N3O. The fourth-order valence-corrected chi connectivity index (χ4v) is 1.99. The molecule has 1 saturated heterocycles. The second-order valence-electron chi connectivity index (χ2n) is 4.06. The van der Waals surface area contributed by atoms with Crippen molar-refractivity contribution in [3.8, 4) is 0 Å². The molecule has 1 aromatic carbocycles. The first-order valence-electron chi connectivity index (χ1n) is 5.26. The summed E-state index contributed by atoms with van der Waals surface area (Å²) < 4.78 is 0. The summed E-state index contributed by atoms with van der Waals surface area (Å²) in [5.74, 6) is 0.601. The number of urea groups is 1. The van der Waals surface area contributed by atoms with Crippen LogP contribution in [0.3, 0.4) is 0 Å². The largest absolute Gasteiger partial charge is 0.337 e. The summed E-state index contributed by atoms with van der Waals surface area (Å²) in [5, 5.41) is 0. The Morgan fingerprint density at radius 3 is 2.60 bits per heavy atom. The minimum absolute atomic E-state index is 0.0573. The van der Waals surface area contributed by atoms with Crippen LogP contribution in [0.25, 0.3) is 0 Å². The number of hydrogen-bond acceptors (Lipinski definition) is 2. The first-order chi connectivity index (χ1) is 7.36. The van der Waals surface area contributed by atoms with Crippen LogP contribution in [0, 0.1) is 5.92 Å². The van der Waals surface area contributed by atoms with Crippen molar-refractivity contribution in [1.29, 1.82) is 0 Å². The van der Waals surface area contributed by atoms with Gasteiger partial charge in [0.25, 0.3) is 0 Å². The fraction of sp³-hybridized carbons (Fsp3) is 0.364. The predicted molar refractivity (Wildman–Crippen MR) is 57.1 cm³/mol. The Hall–Kier alpha value is -1.55. The quantitative estimate of drug-likeness (QED) is 0.764. The molecule has 0 aromatic heterocycles. The zero-order valence-electron chi connectivity index (χ0n) is 8.31. The van der Waals surface area contributed by atoms with E-state index >= 15 is 0 Å². The summed E-state index contributed by atoms with van der Waals surface area (Å²) in [4.78, 5) is 13.5. The van der Waals surface area contributed by atoms with E-state index in [0.29, 0.717) is 5.92 Å². The van der Waals surface area contributed by atoms with Gasteiger partial charge in [-0.15, -0.1) is 0 Å². The summed E-state index contributed by atoms with van der Waals surface area (Å²) in [7, 11) is 0. The van der Waals surface area contributed by atoms with Gasteiger partial charge in [-0.1, -0.05) is 18.2 Å². The van der Waals surface area contributed by atoms with E-state index in [-0.39, 0.29) is 12.2 Å². The number of amides is 2. The molecule has 78 valence electrons. The Kier molecular flexibility index (Phi) is 1.89. The van der Waals surface area contributed by atoms with Gasteiger partial charge in [0.2, 0.25) is 0 Å². The van der Waals surface area contributed by atoms with Gasteiger partial charge in [0.15, 0.2) is 0 Å². The van der Waals surface area contributed by atoms with E-state index < -0.39 is 0 Å². The Bertz CT molecular complexity index is 375. The van der Waals surface area contributed by atoms with Gasteiger partial charge in [-0.25, -0.2) is 10.2 Å². The highest BCUT2D eigenvalue weighted by molar-refractivity contribution is 5.94. The number of anilines is 1. The lowest BCUT2D eigenvalue weighted by Gasteiger charge is -2.21. The van der Waals surface area contributed by atoms with Crippen LogP contribution in [-0.2, 0) is 0 Å². The first-order valence-corrected chi connectivity index (χ1v) is 5.26. The Balaban J connectivity index is 1.91. The zero-order valence-corrected chi connectivity index (χ0v) is 8.31. The van der Waals surface area contributed by atoms with Gasteiger partial charge in [0, 0.05) is 5.69 Å². The third-order valence-electron chi connectivity index (χ3n) is 2.93. The first kappa shape index (κ1) is 8.73. The highest BCUT2D eigenvalue weighted by Gasteiger charge is 2.42. The number of carbonyl (C=O) groups excluding carboxylic acids is 1. The number of hydrogen-bond donors (Lipinski definition) is 2. The van der Waals surface area contributed by atoms with Gasteiger partial charge in [-0.3, -0.25) is 10.3 Å². The van der Waals surface area contributed by atoms with E-state index in [1.807, 2.05) is 30.3 Å². The highest BCUT2D eigenvalue weighted by Crippen LogP contribution is 2.36. The third kappa shape index (κ3) is 1.47. The van der Waals surface area contributed by atoms with E-state index in [4.69, 9.17) is 0 Å². The van der Waals surface area contributed by atoms with Gasteiger partial charge in [0.1, 0.15) is 6.17 Å². The molecule has 0 spiro atoms. The molecule has 3 rings (SSSR count). The van der Waals surface area contributed by atoms with Crippen LogP contribution < -0.4 is 15.8 Å². The molecule has 4 heteroatoms. The maximum absolute atomic E-state index is 11.7. The molecule has 2 aliphatic rings. The van der Waals surface area contributed by atoms with Crippen molar-refractivity contribution in [2.45, 2.75) is 19.0 Å². The van der Waals surface area contributed by atoms with Crippen LogP contribution in [0.5, 0.6) is 0 Å². The molecule has 1 saturated carbocycles. The minimum Gasteiger partial charge on any atom is -0.275 e. The molecule has 1 unspecified atom stereocenters. The highest BCUT2D eigenvalue weighted by atomic mass is 16.2. The number of hydrazine groups is 1. The molecule has 15 heavy (non-hydrogen) atoms. The fourth-order valence-electron chi connectivity index (χ4n) is 1.99. The molecular weight excluding hydrogens is 190 g/mol. The van der Waals surface area contributed by atoms with E-state index in [0.717, 1.165) is 5.69 Å². The summed E-state index contributed by atoms with van der Waals surface area (Å²) in [6.07, 6.45) is 2.53. The molecule has 4 nitrogen and oxygen atoms in total. The third-order valence-corrected chi connectivity index (χ3v) is 2.93. The second kappa shape index (κ2) is 3.24. The smallest absolute Gasteiger partial charge is 0.275 e. The molecule has 1 atom stereocenters. The van der Waals surface area contributed by atoms with Crippen LogP contribution in [0.2, 0.25) is 0 Å². The van der Waals surface area contributed by atoms with Crippen molar-refractivity contribution in [3.05, 3.63) is 30.3 Å². The normalized spacial score (nSPS) is 25.5. The van der Waals surface area contributed by atoms with Crippen LogP contribution in [0.1, 0.15) is 12.8 Å². The molecule has 2 amide bonds. The summed E-state index contributed by atoms with van der Waals surface area (Å²) in [6.45, 7) is 0. The standard InChI is InChI=1S/C11H13N3O/c15-11-13-12-10(8-6-7-8)14(11)9-4-2-1-3-5-9/h1-5,8,10,12H,6-7H2,(H,13,15). The SMILES string of the molecule is O=C1NNC(C2CC2)N1c1ccccc1. The Morgan fingerprint density at radius 2 is 1.93 bits per heavy atom. The number of para-hydroxylation sites is 1. The summed E-state index contributed by atoms with van der Waals surface area (Å²) >= 11 is 0. The van der Waals surface area contributed by atoms with E-state index in [1.54, 1.807) is 4.90 Å². The lowest BCUT2D eigenvalue weighted by Crippen LogP contribution is -2.39. The maximum Gasteiger partial charge on any atom is 0.337 e. The summed E-state index contributed by atoms with van der Waals surface area (Å²) in [6, 6.07) is 9.72. The molecule has 2 fully saturated rings. The molecule has 2 N–H and O–H groups in total. The van der Waals surface area contributed by atoms with Crippen molar-refractivity contribution in [1.82, 2.24) is 10.9 Å². The average Bonchev–Trinajstić information content (AvgIpc) is 3.04. The topological polar surface area (TPSA) is 44.4 Å². The average molecular weight is 203 g/mol. The number of benzene rings is 1. The summed E-state index contributed by atoms with van der Waals surface area (Å²) in [5.41, 5.74) is 6.68. The number of nitrogens with zero attached hydrogens (tertiary/aromatic N) is 1. The zero-order chi connectivity index (χ0) is 10.3. The molecule has 1 heterocycles. The van der Waals surface area contributed by atoms with Crippen LogP contribution >= 0.6 is 0 Å². The van der Waals surface area contributed by atoms with Crippen LogP contribution in [-0.4, -0.2) is 12.2 Å². The van der Waals surface area contributed by atoms with Crippen molar-refractivity contribution in [3.63, 3.8) is 0 Å². The van der Waals surface area contributed by atoms with E-state index in [1.165, 1.54) is 12.8 Å². The van der Waals surface area contributed by atoms with Crippen molar-refractivity contribution in [2.75, 3.05) is 4.90 Å². The molecule has 1 aromatic rings.